The van der Waals surface area contributed by atoms with Gasteiger partial charge in [-0.1, -0.05) is 48.3 Å². The second kappa shape index (κ2) is 9.02. The molecule has 1 aliphatic carbocycles. The molecule has 0 atom stereocenters. The van der Waals surface area contributed by atoms with E-state index in [1.165, 1.54) is 24.6 Å². The quantitative estimate of drug-likeness (QED) is 0.597. The fraction of sp³-hybridized carbons (Fsp3) is 0.409. The Morgan fingerprint density at radius 1 is 1.17 bits per heavy atom. The summed E-state index contributed by atoms with van der Waals surface area (Å²) in [6, 6.07) is 9.67. The summed E-state index contributed by atoms with van der Waals surface area (Å²) >= 11 is 9.32. The van der Waals surface area contributed by atoms with Crippen LogP contribution in [-0.2, 0) is 4.79 Å². The van der Waals surface area contributed by atoms with E-state index in [0.717, 1.165) is 52.6 Å². The summed E-state index contributed by atoms with van der Waals surface area (Å²) < 4.78 is 0. The molecule has 1 aliphatic heterocycles. The first-order valence-corrected chi connectivity index (χ1v) is 12.2. The van der Waals surface area contributed by atoms with Crippen molar-refractivity contribution >= 4 is 57.0 Å². The molecule has 1 aromatic heterocycles. The summed E-state index contributed by atoms with van der Waals surface area (Å²) in [5, 5.41) is 6.58. The van der Waals surface area contributed by atoms with Gasteiger partial charge in [-0.2, -0.15) is 0 Å². The summed E-state index contributed by atoms with van der Waals surface area (Å²) in [5.74, 6) is 0.237. The Kier molecular flexibility index (Phi) is 6.42. The van der Waals surface area contributed by atoms with Gasteiger partial charge in [0.25, 0.3) is 0 Å². The Bertz CT molecular complexity index is 945. The number of benzene rings is 1. The SMILES string of the molecule is Cc1c(Cl)cccc1NC(=O)CSC1=NC2(CCCCCC2)N=C1c1cccs1. The summed E-state index contributed by atoms with van der Waals surface area (Å²) in [7, 11) is 0. The van der Waals surface area contributed by atoms with E-state index in [-0.39, 0.29) is 11.6 Å². The monoisotopic (exact) mass is 445 g/mol. The molecule has 7 heteroatoms. The Hall–Kier alpha value is -1.63. The van der Waals surface area contributed by atoms with Crippen LogP contribution in [0.2, 0.25) is 5.02 Å². The highest BCUT2D eigenvalue weighted by molar-refractivity contribution is 8.16. The van der Waals surface area contributed by atoms with Crippen LogP contribution < -0.4 is 5.32 Å². The van der Waals surface area contributed by atoms with Gasteiger partial charge in [0.15, 0.2) is 5.66 Å². The first kappa shape index (κ1) is 20.6. The van der Waals surface area contributed by atoms with Crippen molar-refractivity contribution in [3.63, 3.8) is 0 Å². The smallest absolute Gasteiger partial charge is 0.234 e. The molecule has 0 saturated heterocycles. The second-order valence-corrected chi connectivity index (χ2v) is 9.82. The predicted molar refractivity (Wildman–Crippen MR) is 126 cm³/mol. The van der Waals surface area contributed by atoms with Crippen molar-refractivity contribution in [2.24, 2.45) is 9.98 Å². The molecule has 0 radical (unpaired) electrons. The van der Waals surface area contributed by atoms with E-state index in [9.17, 15) is 4.79 Å². The largest absolute Gasteiger partial charge is 0.325 e. The van der Waals surface area contributed by atoms with Crippen LogP contribution in [0.1, 0.15) is 49.0 Å². The maximum atomic E-state index is 12.6. The Morgan fingerprint density at radius 2 is 1.97 bits per heavy atom. The lowest BCUT2D eigenvalue weighted by Gasteiger charge is -2.20. The molecule has 1 amide bonds. The van der Waals surface area contributed by atoms with Crippen LogP contribution >= 0.6 is 34.7 Å². The molecule has 1 saturated carbocycles. The average molecular weight is 446 g/mol. The normalized spacial score (nSPS) is 18.3. The molecule has 2 heterocycles. The van der Waals surface area contributed by atoms with E-state index in [2.05, 4.69) is 16.8 Å². The van der Waals surface area contributed by atoms with Crippen LogP contribution in [0.15, 0.2) is 45.7 Å². The third kappa shape index (κ3) is 4.76. The number of hydrogen-bond donors (Lipinski definition) is 1. The van der Waals surface area contributed by atoms with Gasteiger partial charge in [-0.05, 0) is 61.7 Å². The Morgan fingerprint density at radius 3 is 2.69 bits per heavy atom. The van der Waals surface area contributed by atoms with Crippen molar-refractivity contribution in [1.29, 1.82) is 0 Å². The van der Waals surface area contributed by atoms with Gasteiger partial charge in [0.2, 0.25) is 5.91 Å². The van der Waals surface area contributed by atoms with E-state index >= 15 is 0 Å². The lowest BCUT2D eigenvalue weighted by atomic mass is 10.0. The highest BCUT2D eigenvalue weighted by atomic mass is 35.5. The summed E-state index contributed by atoms with van der Waals surface area (Å²) in [5.41, 5.74) is 2.27. The van der Waals surface area contributed by atoms with Crippen LogP contribution in [-0.4, -0.2) is 28.1 Å². The van der Waals surface area contributed by atoms with Crippen LogP contribution in [0, 0.1) is 6.92 Å². The van der Waals surface area contributed by atoms with Gasteiger partial charge in [-0.3, -0.25) is 9.79 Å². The molecule has 0 unspecified atom stereocenters. The summed E-state index contributed by atoms with van der Waals surface area (Å²) in [6.45, 7) is 1.91. The molecule has 1 spiro atoms. The number of halogens is 1. The number of nitrogens with one attached hydrogen (secondary N) is 1. The topological polar surface area (TPSA) is 53.8 Å². The van der Waals surface area contributed by atoms with Gasteiger partial charge >= 0.3 is 0 Å². The standard InChI is InChI=1S/C22H24ClN3OS2/c1-15-16(23)8-6-9-17(15)24-19(27)14-29-21-20(18-10-7-13-28-18)25-22(26-21)11-4-2-3-5-12-22/h6-10,13H,2-5,11-12,14H2,1H3,(H,24,27). The molecule has 0 bridgehead atoms. The van der Waals surface area contributed by atoms with Crippen molar-refractivity contribution in [3.8, 4) is 0 Å². The summed E-state index contributed by atoms with van der Waals surface area (Å²) in [4.78, 5) is 23.9. The number of thiophene rings is 1. The minimum atomic E-state index is -0.321. The summed E-state index contributed by atoms with van der Waals surface area (Å²) in [6.07, 6.45) is 6.84. The van der Waals surface area contributed by atoms with E-state index in [1.807, 2.05) is 31.2 Å². The molecule has 4 nitrogen and oxygen atoms in total. The fourth-order valence-corrected chi connectivity index (χ4v) is 5.60. The molecule has 2 aliphatic rings. The number of carbonyl (C=O) groups excluding carboxylic acids is 1. The van der Waals surface area contributed by atoms with Gasteiger partial charge < -0.3 is 5.32 Å². The maximum Gasteiger partial charge on any atom is 0.234 e. The second-order valence-electron chi connectivity index (χ2n) is 7.50. The number of thioether (sulfide) groups is 1. The minimum absolute atomic E-state index is 0.0598. The average Bonchev–Trinajstić information content (AvgIpc) is 3.29. The first-order valence-electron chi connectivity index (χ1n) is 9.98. The third-order valence-corrected chi connectivity index (χ3v) is 7.62. The van der Waals surface area contributed by atoms with E-state index < -0.39 is 0 Å². The molecule has 1 aromatic carbocycles. The Labute approximate surface area is 184 Å². The molecule has 1 fully saturated rings. The molecule has 152 valence electrons. The van der Waals surface area contributed by atoms with Crippen molar-refractivity contribution in [2.45, 2.75) is 51.1 Å². The van der Waals surface area contributed by atoms with Gasteiger partial charge in [-0.25, -0.2) is 4.99 Å². The van der Waals surface area contributed by atoms with Crippen molar-refractivity contribution < 1.29 is 4.79 Å². The highest BCUT2D eigenvalue weighted by Gasteiger charge is 2.37. The molecular weight excluding hydrogens is 422 g/mol. The van der Waals surface area contributed by atoms with E-state index in [4.69, 9.17) is 21.6 Å². The van der Waals surface area contributed by atoms with Crippen molar-refractivity contribution in [1.82, 2.24) is 0 Å². The first-order chi connectivity index (χ1) is 14.1. The number of anilines is 1. The molecule has 2 aromatic rings. The fourth-order valence-electron chi connectivity index (χ4n) is 3.78. The lowest BCUT2D eigenvalue weighted by molar-refractivity contribution is -0.113. The van der Waals surface area contributed by atoms with Crippen LogP contribution in [0.4, 0.5) is 5.69 Å². The molecular formula is C22H24ClN3OS2. The maximum absolute atomic E-state index is 12.6. The molecule has 4 rings (SSSR count). The van der Waals surface area contributed by atoms with Crippen LogP contribution in [0.3, 0.4) is 0 Å². The van der Waals surface area contributed by atoms with Gasteiger partial charge in [-0.15, -0.1) is 11.3 Å². The lowest BCUT2D eigenvalue weighted by Crippen LogP contribution is -2.20. The number of amides is 1. The zero-order valence-corrected chi connectivity index (χ0v) is 18.8. The zero-order chi connectivity index (χ0) is 20.3. The van der Waals surface area contributed by atoms with Gasteiger partial charge in [0.05, 0.1) is 10.6 Å². The zero-order valence-electron chi connectivity index (χ0n) is 16.4. The highest BCUT2D eigenvalue weighted by Crippen LogP contribution is 2.38. The minimum Gasteiger partial charge on any atom is -0.325 e. The number of rotatable bonds is 4. The molecule has 29 heavy (non-hydrogen) atoms. The van der Waals surface area contributed by atoms with Crippen LogP contribution in [0.5, 0.6) is 0 Å². The number of aliphatic imine (C=N–C) groups is 2. The molecule has 1 N–H and O–H groups in total. The van der Waals surface area contributed by atoms with E-state index in [0.29, 0.717) is 10.8 Å². The third-order valence-electron chi connectivity index (χ3n) is 5.37. The Balaban J connectivity index is 1.49. The number of nitrogens with zero attached hydrogens (tertiary/aromatic N) is 2. The van der Waals surface area contributed by atoms with Crippen molar-refractivity contribution in [2.75, 3.05) is 11.1 Å². The van der Waals surface area contributed by atoms with Gasteiger partial charge in [0, 0.05) is 10.7 Å². The predicted octanol–water partition coefficient (Wildman–Crippen LogP) is 6.33. The number of hydrogen-bond acceptors (Lipinski definition) is 5. The van der Waals surface area contributed by atoms with E-state index in [1.54, 1.807) is 11.3 Å². The number of carbonyl (C=O) groups is 1. The van der Waals surface area contributed by atoms with Crippen molar-refractivity contribution in [3.05, 3.63) is 51.2 Å². The van der Waals surface area contributed by atoms with Crippen LogP contribution in [0.25, 0.3) is 0 Å². The van der Waals surface area contributed by atoms with Gasteiger partial charge in [0.1, 0.15) is 10.8 Å².